The maximum atomic E-state index is 11.4. The van der Waals surface area contributed by atoms with E-state index in [9.17, 15) is 15.2 Å². The summed E-state index contributed by atoms with van der Waals surface area (Å²) in [7, 11) is 0. The number of hydrogen-bond acceptors (Lipinski definition) is 5. The van der Waals surface area contributed by atoms with Gasteiger partial charge in [-0.15, -0.1) is 22.7 Å². The number of anilines is 3. The highest BCUT2D eigenvalue weighted by molar-refractivity contribution is 7.23. The highest BCUT2D eigenvalue weighted by Crippen LogP contribution is 2.53. The molecular weight excluding hydrogens is 701 g/mol. The molecule has 2 heterocycles. The number of thiophene rings is 2. The van der Waals surface area contributed by atoms with Gasteiger partial charge in [0.1, 0.15) is 5.92 Å². The molecule has 264 valence electrons. The lowest BCUT2D eigenvalue weighted by Gasteiger charge is -2.30. The van der Waals surface area contributed by atoms with E-state index in [1.165, 1.54) is 44.5 Å². The first-order chi connectivity index (χ1) is 26.0. The number of fused-ring (bicyclic) bond motifs is 6. The van der Waals surface area contributed by atoms with Crippen LogP contribution in [0.15, 0.2) is 133 Å². The fraction of sp³-hybridized carbons (Fsp3) is 0.167. The average Bonchev–Trinajstić information content (AvgIpc) is 3.95. The summed E-state index contributed by atoms with van der Waals surface area (Å²) in [4.78, 5) is 18.1. The maximum Gasteiger partial charge on any atom is 0.321 e. The zero-order valence-corrected chi connectivity index (χ0v) is 32.2. The van der Waals surface area contributed by atoms with E-state index in [1.807, 2.05) is 18.2 Å². The number of nitriles is 1. The van der Waals surface area contributed by atoms with Crippen molar-refractivity contribution in [3.05, 3.63) is 161 Å². The topological polar surface area (TPSA) is 64.3 Å². The van der Waals surface area contributed by atoms with E-state index in [-0.39, 0.29) is 17.3 Å². The van der Waals surface area contributed by atoms with Gasteiger partial charge < -0.3 is 10.0 Å². The quantitative estimate of drug-likeness (QED) is 0.169. The van der Waals surface area contributed by atoms with Crippen molar-refractivity contribution in [1.29, 1.82) is 5.26 Å². The molecule has 6 heteroatoms. The van der Waals surface area contributed by atoms with Gasteiger partial charge >= 0.3 is 5.97 Å². The van der Waals surface area contributed by atoms with Gasteiger partial charge in [0, 0.05) is 53.8 Å². The first-order valence-electron chi connectivity index (χ1n) is 18.3. The Bertz CT molecular complexity index is 2550. The van der Waals surface area contributed by atoms with Gasteiger partial charge in [-0.25, -0.2) is 0 Å². The third-order valence-corrected chi connectivity index (χ3v) is 13.9. The van der Waals surface area contributed by atoms with Crippen molar-refractivity contribution in [2.75, 3.05) is 4.90 Å². The van der Waals surface area contributed by atoms with Crippen LogP contribution < -0.4 is 4.90 Å². The number of aliphatic carboxylic acids is 1. The Hall–Kier alpha value is -5.74. The highest BCUT2D eigenvalue weighted by atomic mass is 32.1. The minimum Gasteiger partial charge on any atom is -0.480 e. The number of carboxylic acids is 1. The molecule has 0 fully saturated rings. The normalized spacial score (nSPS) is 14.7. The summed E-state index contributed by atoms with van der Waals surface area (Å²) in [6, 6.07) is 50.6. The third kappa shape index (κ3) is 5.42. The molecule has 0 amide bonds. The molecule has 0 saturated heterocycles. The predicted octanol–water partition coefficient (Wildman–Crippen LogP) is 13.0. The Balaban J connectivity index is 1.09. The number of carbonyl (C=O) groups is 1. The zero-order chi connectivity index (χ0) is 37.4. The van der Waals surface area contributed by atoms with Crippen molar-refractivity contribution in [3.8, 4) is 48.5 Å². The smallest absolute Gasteiger partial charge is 0.321 e. The Morgan fingerprint density at radius 1 is 0.611 bits per heavy atom. The lowest BCUT2D eigenvalue weighted by molar-refractivity contribution is -0.139. The molecule has 2 aliphatic carbocycles. The fourth-order valence-corrected chi connectivity index (χ4v) is 10.7. The molecule has 2 aromatic heterocycles. The molecule has 0 spiro atoms. The van der Waals surface area contributed by atoms with E-state index in [0.29, 0.717) is 0 Å². The summed E-state index contributed by atoms with van der Waals surface area (Å²) in [5, 5.41) is 18.6. The van der Waals surface area contributed by atoms with Gasteiger partial charge in [-0.3, -0.25) is 4.79 Å². The van der Waals surface area contributed by atoms with Crippen LogP contribution in [0.1, 0.15) is 54.8 Å². The molecule has 54 heavy (non-hydrogen) atoms. The lowest BCUT2D eigenvalue weighted by atomic mass is 9.82. The lowest BCUT2D eigenvalue weighted by Crippen LogP contribution is -2.18. The molecule has 7 aromatic rings. The largest absolute Gasteiger partial charge is 0.480 e. The van der Waals surface area contributed by atoms with E-state index in [4.69, 9.17) is 0 Å². The Labute approximate surface area is 324 Å². The number of benzene rings is 5. The van der Waals surface area contributed by atoms with Crippen molar-refractivity contribution in [2.24, 2.45) is 5.92 Å². The second-order valence-electron chi connectivity index (χ2n) is 15.3. The van der Waals surface area contributed by atoms with Crippen molar-refractivity contribution in [2.45, 2.75) is 44.9 Å². The zero-order valence-electron chi connectivity index (χ0n) is 30.6. The van der Waals surface area contributed by atoms with Gasteiger partial charge in [-0.1, -0.05) is 100 Å². The van der Waals surface area contributed by atoms with E-state index in [0.717, 1.165) is 42.1 Å². The van der Waals surface area contributed by atoms with Gasteiger partial charge in [0.15, 0.2) is 0 Å². The SMILES string of the molecule is CC1(C)c2ccccc2-c2ccc(N(c3ccc(-c4ccc(-c5ccc(CC(C#N)C(=O)O)s5)s4)cc3)c3ccc4c(c3)C(C)(C)c3ccccc3-4)cc21. The third-order valence-electron chi connectivity index (χ3n) is 11.4. The van der Waals surface area contributed by atoms with Crippen LogP contribution in [-0.4, -0.2) is 11.1 Å². The first kappa shape index (κ1) is 34.1. The minimum absolute atomic E-state index is 0.118. The van der Waals surface area contributed by atoms with E-state index in [1.54, 1.807) is 22.7 Å². The summed E-state index contributed by atoms with van der Waals surface area (Å²) >= 11 is 3.28. The molecule has 0 radical (unpaired) electrons. The van der Waals surface area contributed by atoms with Gasteiger partial charge in [-0.2, -0.15) is 5.26 Å². The molecule has 0 saturated carbocycles. The number of carboxylic acid groups (broad SMARTS) is 1. The van der Waals surface area contributed by atoms with E-state index >= 15 is 0 Å². The van der Waals surface area contributed by atoms with Gasteiger partial charge in [0.05, 0.1) is 6.07 Å². The molecule has 0 aliphatic heterocycles. The molecule has 1 unspecified atom stereocenters. The molecule has 5 aromatic carbocycles. The van der Waals surface area contributed by atoms with E-state index in [2.05, 4.69) is 154 Å². The van der Waals surface area contributed by atoms with Crippen LogP contribution in [0.3, 0.4) is 0 Å². The van der Waals surface area contributed by atoms with Crippen LogP contribution in [0.2, 0.25) is 0 Å². The summed E-state index contributed by atoms with van der Waals surface area (Å²) in [6.07, 6.45) is 0.218. The Kier molecular flexibility index (Phi) is 8.01. The van der Waals surface area contributed by atoms with Crippen molar-refractivity contribution in [3.63, 3.8) is 0 Å². The molecular formula is C48H38N2O2S2. The first-order valence-corrected chi connectivity index (χ1v) is 19.9. The molecule has 9 rings (SSSR count). The van der Waals surface area contributed by atoms with E-state index < -0.39 is 11.9 Å². The summed E-state index contributed by atoms with van der Waals surface area (Å²) in [5.41, 5.74) is 14.9. The van der Waals surface area contributed by atoms with Crippen LogP contribution in [0.5, 0.6) is 0 Å². The van der Waals surface area contributed by atoms with Gasteiger partial charge in [0.25, 0.3) is 0 Å². The minimum atomic E-state index is -1.08. The molecule has 0 bridgehead atoms. The Morgan fingerprint density at radius 3 is 1.65 bits per heavy atom. The number of nitrogens with zero attached hydrogens (tertiary/aromatic N) is 2. The molecule has 1 atom stereocenters. The molecule has 1 N–H and O–H groups in total. The van der Waals surface area contributed by atoms with Crippen LogP contribution >= 0.6 is 22.7 Å². The average molecular weight is 739 g/mol. The van der Waals surface area contributed by atoms with Crippen LogP contribution in [-0.2, 0) is 22.0 Å². The maximum absolute atomic E-state index is 11.4. The van der Waals surface area contributed by atoms with Crippen LogP contribution in [0, 0.1) is 17.2 Å². The predicted molar refractivity (Wildman–Crippen MR) is 223 cm³/mol. The van der Waals surface area contributed by atoms with Crippen LogP contribution in [0.25, 0.3) is 42.4 Å². The van der Waals surface area contributed by atoms with Crippen LogP contribution in [0.4, 0.5) is 17.1 Å². The Morgan fingerprint density at radius 2 is 1.09 bits per heavy atom. The summed E-state index contributed by atoms with van der Waals surface area (Å²) < 4.78 is 0. The molecule has 4 nitrogen and oxygen atoms in total. The standard InChI is InChI=1S/C48H38N2O2S2/c1-47(2)39-11-7-5-9-35(39)37-20-17-32(26-41(37)47)50(33-18-21-38-36-10-6-8-12-40(36)48(3,4)42(38)27-33)31-15-13-29(14-16-31)43-23-24-45(54-43)44-22-19-34(53-44)25-30(28-49)46(51)52/h5-24,26-27,30H,25H2,1-4H3,(H,51,52). The van der Waals surface area contributed by atoms with Crippen molar-refractivity contribution in [1.82, 2.24) is 0 Å². The van der Waals surface area contributed by atoms with Crippen molar-refractivity contribution >= 4 is 45.7 Å². The number of hydrogen-bond donors (Lipinski definition) is 1. The van der Waals surface area contributed by atoms with Gasteiger partial charge in [-0.05, 0) is 111 Å². The summed E-state index contributed by atoms with van der Waals surface area (Å²) in [6.45, 7) is 9.34. The fourth-order valence-electron chi connectivity index (χ4n) is 8.52. The van der Waals surface area contributed by atoms with Crippen molar-refractivity contribution < 1.29 is 9.90 Å². The molecule has 2 aliphatic rings. The number of rotatable bonds is 8. The van der Waals surface area contributed by atoms with Gasteiger partial charge in [0.2, 0.25) is 0 Å². The second-order valence-corrected chi connectivity index (χ2v) is 17.6. The second kappa shape index (κ2) is 12.7. The monoisotopic (exact) mass is 738 g/mol. The highest BCUT2D eigenvalue weighted by Gasteiger charge is 2.37. The summed E-state index contributed by atoms with van der Waals surface area (Å²) in [5.74, 6) is -2.11.